The van der Waals surface area contributed by atoms with Crippen molar-refractivity contribution in [2.45, 2.75) is 46.6 Å². The van der Waals surface area contributed by atoms with Gasteiger partial charge in [-0.05, 0) is 20.8 Å². The molecule has 0 unspecified atom stereocenters. The predicted octanol–water partition coefficient (Wildman–Crippen LogP) is 2.88. The van der Waals surface area contributed by atoms with Crippen molar-refractivity contribution in [2.24, 2.45) is 0 Å². The number of rotatable bonds is 5. The second kappa shape index (κ2) is 5.84. The number of hydrogen-bond donors (Lipinski definition) is 1. The van der Waals surface area contributed by atoms with Gasteiger partial charge in [-0.15, -0.1) is 0 Å². The van der Waals surface area contributed by atoms with E-state index in [0.717, 1.165) is 24.0 Å². The Bertz CT molecular complexity index is 360. The van der Waals surface area contributed by atoms with E-state index < -0.39 is 0 Å². The summed E-state index contributed by atoms with van der Waals surface area (Å²) >= 11 is 0. The first kappa shape index (κ1) is 13.7. The number of nitrogens with zero attached hydrogens (tertiary/aromatic N) is 3. The van der Waals surface area contributed by atoms with Crippen molar-refractivity contribution < 1.29 is 0 Å². The Kier molecular flexibility index (Phi) is 4.73. The van der Waals surface area contributed by atoms with Gasteiger partial charge in [-0.2, -0.15) is 0 Å². The van der Waals surface area contributed by atoms with Gasteiger partial charge < -0.3 is 10.2 Å². The summed E-state index contributed by atoms with van der Waals surface area (Å²) in [6.45, 7) is 11.7. The Morgan fingerprint density at radius 2 is 1.88 bits per heavy atom. The lowest BCUT2D eigenvalue weighted by Crippen LogP contribution is -2.31. The highest BCUT2D eigenvalue weighted by molar-refractivity contribution is 5.49. The molecule has 1 rings (SSSR count). The third-order valence-electron chi connectivity index (χ3n) is 2.76. The molecule has 1 aromatic rings. The topological polar surface area (TPSA) is 41.0 Å². The highest BCUT2D eigenvalue weighted by Crippen LogP contribution is 2.21. The summed E-state index contributed by atoms with van der Waals surface area (Å²) in [5.41, 5.74) is 0. The van der Waals surface area contributed by atoms with Crippen LogP contribution in [0.25, 0.3) is 0 Å². The molecule has 0 aliphatic rings. The number of aromatic nitrogens is 2. The van der Waals surface area contributed by atoms with Gasteiger partial charge in [0.2, 0.25) is 0 Å². The Hall–Kier alpha value is -1.32. The van der Waals surface area contributed by atoms with Gasteiger partial charge in [0, 0.05) is 31.6 Å². The van der Waals surface area contributed by atoms with Crippen LogP contribution in [-0.2, 0) is 0 Å². The minimum Gasteiger partial charge on any atom is -0.373 e. The third-order valence-corrected chi connectivity index (χ3v) is 2.76. The average molecular weight is 236 g/mol. The summed E-state index contributed by atoms with van der Waals surface area (Å²) in [7, 11) is 1.89. The van der Waals surface area contributed by atoms with Crippen molar-refractivity contribution in [1.82, 2.24) is 9.97 Å². The van der Waals surface area contributed by atoms with Crippen molar-refractivity contribution >= 4 is 11.6 Å². The van der Waals surface area contributed by atoms with E-state index in [0.29, 0.717) is 12.0 Å². The number of hydrogen-bond acceptors (Lipinski definition) is 4. The lowest BCUT2D eigenvalue weighted by molar-refractivity contribution is 0.681. The van der Waals surface area contributed by atoms with Gasteiger partial charge >= 0.3 is 0 Å². The second-order valence-corrected chi connectivity index (χ2v) is 4.75. The fourth-order valence-electron chi connectivity index (χ4n) is 1.78. The van der Waals surface area contributed by atoms with E-state index in [1.165, 1.54) is 0 Å². The fraction of sp³-hybridized carbons (Fsp3) is 0.692. The van der Waals surface area contributed by atoms with Crippen LogP contribution >= 0.6 is 0 Å². The molecular formula is C13H24N4. The maximum absolute atomic E-state index is 4.65. The first-order chi connectivity index (χ1) is 7.99. The van der Waals surface area contributed by atoms with Crippen molar-refractivity contribution in [2.75, 3.05) is 23.8 Å². The second-order valence-electron chi connectivity index (χ2n) is 4.75. The zero-order chi connectivity index (χ0) is 13.0. The van der Waals surface area contributed by atoms with E-state index in [2.05, 4.69) is 54.8 Å². The van der Waals surface area contributed by atoms with E-state index in [9.17, 15) is 0 Å². The summed E-state index contributed by atoms with van der Waals surface area (Å²) in [5.74, 6) is 3.13. The number of nitrogens with one attached hydrogen (secondary N) is 1. The van der Waals surface area contributed by atoms with Gasteiger partial charge in [0.05, 0.1) is 0 Å². The van der Waals surface area contributed by atoms with Crippen molar-refractivity contribution in [3.63, 3.8) is 0 Å². The van der Waals surface area contributed by atoms with Crippen LogP contribution in [0.4, 0.5) is 11.6 Å². The highest BCUT2D eigenvalue weighted by atomic mass is 15.2. The van der Waals surface area contributed by atoms with E-state index in [1.54, 1.807) is 0 Å². The molecule has 0 aliphatic carbocycles. The summed E-state index contributed by atoms with van der Waals surface area (Å²) in [4.78, 5) is 11.4. The molecule has 1 aromatic heterocycles. The van der Waals surface area contributed by atoms with Crippen LogP contribution in [0.3, 0.4) is 0 Å². The van der Waals surface area contributed by atoms with Crippen molar-refractivity contribution in [3.05, 3.63) is 11.9 Å². The van der Waals surface area contributed by atoms with E-state index in [4.69, 9.17) is 0 Å². The van der Waals surface area contributed by atoms with E-state index in [-0.39, 0.29) is 0 Å². The molecule has 0 aromatic carbocycles. The summed E-state index contributed by atoms with van der Waals surface area (Å²) in [5, 5.41) is 3.10. The molecule has 0 saturated heterocycles. The number of anilines is 2. The molecule has 4 heteroatoms. The van der Waals surface area contributed by atoms with Crippen LogP contribution in [-0.4, -0.2) is 29.6 Å². The Morgan fingerprint density at radius 3 is 2.29 bits per heavy atom. The largest absolute Gasteiger partial charge is 0.373 e. The average Bonchev–Trinajstić information content (AvgIpc) is 2.28. The van der Waals surface area contributed by atoms with Crippen LogP contribution < -0.4 is 10.2 Å². The molecule has 17 heavy (non-hydrogen) atoms. The molecule has 0 atom stereocenters. The smallest absolute Gasteiger partial charge is 0.135 e. The molecule has 1 N–H and O–H groups in total. The molecule has 1 heterocycles. The molecule has 0 amide bonds. The van der Waals surface area contributed by atoms with Gasteiger partial charge in [0.15, 0.2) is 0 Å². The van der Waals surface area contributed by atoms with Crippen LogP contribution in [0.1, 0.15) is 46.4 Å². The molecule has 0 aliphatic heterocycles. The maximum Gasteiger partial charge on any atom is 0.135 e. The van der Waals surface area contributed by atoms with E-state index >= 15 is 0 Å². The molecule has 0 spiro atoms. The lowest BCUT2D eigenvalue weighted by atomic mass is 10.2. The zero-order valence-electron chi connectivity index (χ0n) is 11.8. The molecule has 96 valence electrons. The van der Waals surface area contributed by atoms with Crippen molar-refractivity contribution in [3.8, 4) is 0 Å². The fourth-order valence-corrected chi connectivity index (χ4v) is 1.78. The van der Waals surface area contributed by atoms with Gasteiger partial charge in [-0.25, -0.2) is 9.97 Å². The normalized spacial score (nSPS) is 11.1. The van der Waals surface area contributed by atoms with Gasteiger partial charge in [-0.3, -0.25) is 0 Å². The molecule has 4 nitrogen and oxygen atoms in total. The minimum atomic E-state index is 0.341. The summed E-state index contributed by atoms with van der Waals surface area (Å²) in [6, 6.07) is 2.45. The molecule has 0 saturated carbocycles. The Labute approximate surface area is 104 Å². The summed E-state index contributed by atoms with van der Waals surface area (Å²) in [6.07, 6.45) is 0. The Morgan fingerprint density at radius 1 is 1.24 bits per heavy atom. The van der Waals surface area contributed by atoms with Crippen LogP contribution in [0.5, 0.6) is 0 Å². The standard InChI is InChI=1S/C13H24N4/c1-7-17(10(4)5)12-8-11(14-6)15-13(16-12)9(2)3/h8-10H,7H2,1-6H3,(H,14,15,16). The van der Waals surface area contributed by atoms with Gasteiger partial charge in [0.25, 0.3) is 0 Å². The predicted molar refractivity (Wildman–Crippen MR) is 73.8 cm³/mol. The van der Waals surface area contributed by atoms with Crippen LogP contribution in [0, 0.1) is 0 Å². The minimum absolute atomic E-state index is 0.341. The first-order valence-corrected chi connectivity index (χ1v) is 6.32. The first-order valence-electron chi connectivity index (χ1n) is 6.32. The van der Waals surface area contributed by atoms with Gasteiger partial charge in [-0.1, -0.05) is 13.8 Å². The molecule has 0 fully saturated rings. The third kappa shape index (κ3) is 3.32. The molecule has 0 radical (unpaired) electrons. The van der Waals surface area contributed by atoms with Crippen LogP contribution in [0.2, 0.25) is 0 Å². The Balaban J connectivity index is 3.17. The highest BCUT2D eigenvalue weighted by Gasteiger charge is 2.14. The lowest BCUT2D eigenvalue weighted by Gasteiger charge is -2.27. The van der Waals surface area contributed by atoms with Crippen LogP contribution in [0.15, 0.2) is 6.07 Å². The molecule has 0 bridgehead atoms. The molecular weight excluding hydrogens is 212 g/mol. The zero-order valence-corrected chi connectivity index (χ0v) is 11.8. The van der Waals surface area contributed by atoms with Crippen molar-refractivity contribution in [1.29, 1.82) is 0 Å². The monoisotopic (exact) mass is 236 g/mol. The van der Waals surface area contributed by atoms with Gasteiger partial charge in [0.1, 0.15) is 17.5 Å². The summed E-state index contributed by atoms with van der Waals surface area (Å²) < 4.78 is 0. The quantitative estimate of drug-likeness (QED) is 0.853. The maximum atomic E-state index is 4.65. The SMILES string of the molecule is CCN(c1cc(NC)nc(C(C)C)n1)C(C)C. The van der Waals surface area contributed by atoms with E-state index in [1.807, 2.05) is 13.1 Å².